The molecule has 4 rings (SSSR count). The summed E-state index contributed by atoms with van der Waals surface area (Å²) in [5.41, 5.74) is 4.09. The highest BCUT2D eigenvalue weighted by molar-refractivity contribution is 6.33. The minimum Gasteiger partial charge on any atom is -0.455 e. The smallest absolute Gasteiger partial charge is 0.273 e. The number of hydrogen-bond acceptors (Lipinski definition) is 5. The second kappa shape index (κ2) is 8.68. The summed E-state index contributed by atoms with van der Waals surface area (Å²) in [6.07, 6.45) is 5.06. The molecule has 8 nitrogen and oxygen atoms in total. The first-order valence-corrected chi connectivity index (χ1v) is 9.50. The van der Waals surface area contributed by atoms with Gasteiger partial charge in [0.25, 0.3) is 11.6 Å². The fraction of sp³-hybridized carbons (Fsp3) is 0. The van der Waals surface area contributed by atoms with Gasteiger partial charge in [-0.3, -0.25) is 14.9 Å². The molecule has 2 heterocycles. The van der Waals surface area contributed by atoms with Crippen LogP contribution in [0.2, 0.25) is 5.02 Å². The third-order valence-electron chi connectivity index (χ3n) is 4.44. The average molecular weight is 435 g/mol. The van der Waals surface area contributed by atoms with Crippen LogP contribution in [0.4, 0.5) is 5.69 Å². The van der Waals surface area contributed by atoms with Crippen LogP contribution in [0.1, 0.15) is 16.1 Å². The normalized spacial score (nSPS) is 11.0. The first-order chi connectivity index (χ1) is 15.0. The summed E-state index contributed by atoms with van der Waals surface area (Å²) in [4.78, 5) is 22.9. The highest BCUT2D eigenvalue weighted by atomic mass is 35.5. The van der Waals surface area contributed by atoms with Gasteiger partial charge in [-0.25, -0.2) is 5.43 Å². The van der Waals surface area contributed by atoms with Gasteiger partial charge in [-0.1, -0.05) is 23.7 Å². The van der Waals surface area contributed by atoms with Crippen LogP contribution in [0.5, 0.6) is 0 Å². The number of nitrogens with zero attached hydrogens (tertiary/aromatic N) is 3. The Bertz CT molecular complexity index is 1280. The maximum Gasteiger partial charge on any atom is 0.273 e. The molecule has 0 aliphatic carbocycles. The van der Waals surface area contributed by atoms with Gasteiger partial charge in [0.15, 0.2) is 0 Å². The molecule has 0 fully saturated rings. The Kier molecular flexibility index (Phi) is 5.63. The van der Waals surface area contributed by atoms with E-state index >= 15 is 0 Å². The highest BCUT2D eigenvalue weighted by Crippen LogP contribution is 2.32. The summed E-state index contributed by atoms with van der Waals surface area (Å²) in [6, 6.07) is 18.4. The van der Waals surface area contributed by atoms with Crippen LogP contribution >= 0.6 is 11.6 Å². The molecule has 9 heteroatoms. The van der Waals surface area contributed by atoms with Crippen molar-refractivity contribution in [3.63, 3.8) is 0 Å². The number of nitrogens with one attached hydrogen (secondary N) is 1. The van der Waals surface area contributed by atoms with Crippen LogP contribution in [-0.4, -0.2) is 21.6 Å². The third kappa shape index (κ3) is 4.39. The van der Waals surface area contributed by atoms with Crippen molar-refractivity contribution in [1.29, 1.82) is 0 Å². The predicted molar refractivity (Wildman–Crippen MR) is 117 cm³/mol. The molecule has 1 N–H and O–H groups in total. The van der Waals surface area contributed by atoms with Crippen LogP contribution in [0.15, 0.2) is 88.6 Å². The van der Waals surface area contributed by atoms with Gasteiger partial charge in [0.05, 0.1) is 27.4 Å². The number of nitro benzene ring substituents is 1. The van der Waals surface area contributed by atoms with Gasteiger partial charge >= 0.3 is 0 Å². The quantitative estimate of drug-likeness (QED) is 0.260. The first-order valence-electron chi connectivity index (χ1n) is 9.13. The summed E-state index contributed by atoms with van der Waals surface area (Å²) in [7, 11) is 0. The van der Waals surface area contributed by atoms with Gasteiger partial charge in [0.1, 0.15) is 11.5 Å². The van der Waals surface area contributed by atoms with E-state index in [2.05, 4.69) is 10.5 Å². The molecule has 0 saturated heterocycles. The van der Waals surface area contributed by atoms with Crippen molar-refractivity contribution in [3.05, 3.63) is 106 Å². The van der Waals surface area contributed by atoms with Crippen LogP contribution in [-0.2, 0) is 0 Å². The number of nitro groups is 1. The number of carbonyl (C=O) groups excluding carboxylic acids is 1. The Hall–Kier alpha value is -4.17. The van der Waals surface area contributed by atoms with Crippen LogP contribution < -0.4 is 5.43 Å². The fourth-order valence-electron chi connectivity index (χ4n) is 2.99. The minimum atomic E-state index is -0.521. The lowest BCUT2D eigenvalue weighted by atomic mass is 10.1. The van der Waals surface area contributed by atoms with Crippen LogP contribution in [0.3, 0.4) is 0 Å². The molecule has 0 radical (unpaired) electrons. The first kappa shape index (κ1) is 20.1. The lowest BCUT2D eigenvalue weighted by Gasteiger charge is -2.08. The van der Waals surface area contributed by atoms with E-state index in [-0.39, 0.29) is 16.6 Å². The zero-order valence-corrected chi connectivity index (χ0v) is 16.7. The van der Waals surface area contributed by atoms with Crippen molar-refractivity contribution in [2.75, 3.05) is 0 Å². The van der Waals surface area contributed by atoms with Gasteiger partial charge in [-0.2, -0.15) is 5.10 Å². The Morgan fingerprint density at radius 1 is 1.10 bits per heavy atom. The molecule has 0 aliphatic heterocycles. The molecular formula is C22H15ClN4O4. The van der Waals surface area contributed by atoms with E-state index in [4.69, 9.17) is 16.0 Å². The number of hydrogen-bond donors (Lipinski definition) is 1. The van der Waals surface area contributed by atoms with Crippen molar-refractivity contribution in [2.45, 2.75) is 0 Å². The number of amides is 1. The van der Waals surface area contributed by atoms with E-state index in [1.807, 2.05) is 41.2 Å². The molecule has 154 valence electrons. The molecular weight excluding hydrogens is 420 g/mol. The van der Waals surface area contributed by atoms with Crippen LogP contribution in [0, 0.1) is 10.1 Å². The number of non-ortho nitro benzene ring substituents is 1. The topological polar surface area (TPSA) is 103 Å². The number of rotatable bonds is 6. The zero-order valence-electron chi connectivity index (χ0n) is 15.9. The Morgan fingerprint density at radius 3 is 2.61 bits per heavy atom. The van der Waals surface area contributed by atoms with Crippen LogP contribution in [0.25, 0.3) is 17.0 Å². The molecule has 1 amide bonds. The monoisotopic (exact) mass is 434 g/mol. The lowest BCUT2D eigenvalue weighted by Crippen LogP contribution is -2.19. The van der Waals surface area contributed by atoms with E-state index < -0.39 is 4.92 Å². The van der Waals surface area contributed by atoms with Gasteiger partial charge < -0.3 is 8.98 Å². The standard InChI is InChI=1S/C22H15ClN4O4/c23-19-13-15(27(29)30)7-9-17(19)21-10-8-16(31-21)14-24-25-22(28)18-5-1-2-6-20(18)26-11-3-4-12-26/h1-14H,(H,25,28). The van der Waals surface area contributed by atoms with E-state index in [1.54, 1.807) is 24.3 Å². The van der Waals surface area contributed by atoms with Crippen molar-refractivity contribution < 1.29 is 14.1 Å². The van der Waals surface area contributed by atoms with Crippen molar-refractivity contribution in [3.8, 4) is 17.0 Å². The molecule has 0 spiro atoms. The molecule has 0 aliphatic rings. The minimum absolute atomic E-state index is 0.106. The van der Waals surface area contributed by atoms with Crippen molar-refractivity contribution in [2.24, 2.45) is 5.10 Å². The Balaban J connectivity index is 1.47. The van der Waals surface area contributed by atoms with Crippen molar-refractivity contribution in [1.82, 2.24) is 9.99 Å². The number of halogens is 1. The molecule has 4 aromatic rings. The lowest BCUT2D eigenvalue weighted by molar-refractivity contribution is -0.384. The highest BCUT2D eigenvalue weighted by Gasteiger charge is 2.14. The van der Waals surface area contributed by atoms with E-state index in [0.717, 1.165) is 5.69 Å². The van der Waals surface area contributed by atoms with Gasteiger partial charge in [0.2, 0.25) is 0 Å². The molecule has 0 atom stereocenters. The number of aromatic nitrogens is 1. The Morgan fingerprint density at radius 2 is 1.87 bits per heavy atom. The molecule has 2 aromatic carbocycles. The number of furan rings is 1. The average Bonchev–Trinajstić information content (AvgIpc) is 3.46. The number of para-hydroxylation sites is 1. The zero-order chi connectivity index (χ0) is 21.8. The van der Waals surface area contributed by atoms with Gasteiger partial charge in [-0.15, -0.1) is 0 Å². The van der Waals surface area contributed by atoms with Crippen molar-refractivity contribution >= 4 is 29.4 Å². The summed E-state index contributed by atoms with van der Waals surface area (Å²) < 4.78 is 7.50. The van der Waals surface area contributed by atoms with E-state index in [0.29, 0.717) is 22.6 Å². The van der Waals surface area contributed by atoms with E-state index in [9.17, 15) is 14.9 Å². The summed E-state index contributed by atoms with van der Waals surface area (Å²) in [5, 5.41) is 15.0. The van der Waals surface area contributed by atoms with E-state index in [1.165, 1.54) is 24.4 Å². The maximum absolute atomic E-state index is 12.6. The molecule has 31 heavy (non-hydrogen) atoms. The summed E-state index contributed by atoms with van der Waals surface area (Å²) in [6.45, 7) is 0. The third-order valence-corrected chi connectivity index (χ3v) is 4.76. The van der Waals surface area contributed by atoms with Gasteiger partial charge in [0, 0.05) is 30.1 Å². The Labute approximate surface area is 181 Å². The summed E-state index contributed by atoms with van der Waals surface area (Å²) in [5.74, 6) is 0.430. The molecule has 2 aromatic heterocycles. The fourth-order valence-corrected chi connectivity index (χ4v) is 3.25. The second-order valence-corrected chi connectivity index (χ2v) is 6.84. The molecule has 0 saturated carbocycles. The molecule has 0 bridgehead atoms. The SMILES string of the molecule is O=C(NN=Cc1ccc(-c2ccc([N+](=O)[O-])cc2Cl)o1)c1ccccc1-n1cccc1. The molecule has 0 unspecified atom stereocenters. The largest absolute Gasteiger partial charge is 0.455 e. The number of hydrazone groups is 1. The maximum atomic E-state index is 12.6. The number of carbonyl (C=O) groups is 1. The second-order valence-electron chi connectivity index (χ2n) is 6.43. The summed E-state index contributed by atoms with van der Waals surface area (Å²) >= 11 is 6.13. The number of benzene rings is 2. The van der Waals surface area contributed by atoms with Gasteiger partial charge in [-0.05, 0) is 42.5 Å². The predicted octanol–water partition coefficient (Wildman–Crippen LogP) is 5.06.